The number of carbonyl (C=O) groups excluding carboxylic acids is 2. The topological polar surface area (TPSA) is 46.2 Å². The smallest absolute Gasteiger partial charge is 0.201 e. The van der Waals surface area contributed by atoms with Gasteiger partial charge < -0.3 is 26.8 Å². The molecule has 1 saturated heterocycles. The molecule has 1 aliphatic heterocycles. The molecule has 2 aliphatic rings. The van der Waals surface area contributed by atoms with Gasteiger partial charge in [0.2, 0.25) is 5.78 Å². The molecule has 2 rings (SSSR count). The minimum Gasteiger partial charge on any atom is -1.00 e. The van der Waals surface area contributed by atoms with Crippen molar-refractivity contribution in [3.8, 4) is 0 Å². The molecular formula is C14H21BrN2O2. The maximum atomic E-state index is 11.5. The van der Waals surface area contributed by atoms with Crippen molar-refractivity contribution in [1.29, 1.82) is 0 Å². The van der Waals surface area contributed by atoms with Gasteiger partial charge in [0.1, 0.15) is 0 Å². The van der Waals surface area contributed by atoms with Crippen LogP contribution in [0.2, 0.25) is 0 Å². The fourth-order valence-corrected chi connectivity index (χ4v) is 2.65. The van der Waals surface area contributed by atoms with E-state index in [4.69, 9.17) is 0 Å². The van der Waals surface area contributed by atoms with Gasteiger partial charge in [-0.3, -0.25) is 9.59 Å². The summed E-state index contributed by atoms with van der Waals surface area (Å²) in [6.07, 6.45) is 7.70. The second-order valence-corrected chi connectivity index (χ2v) is 5.44. The number of quaternary nitrogens is 1. The zero-order valence-electron chi connectivity index (χ0n) is 11.3. The Hall–Kier alpha value is -0.940. The normalized spacial score (nSPS) is 21.0. The lowest BCUT2D eigenvalue weighted by atomic mass is 10.1. The van der Waals surface area contributed by atoms with Crippen molar-refractivity contribution in [1.82, 2.24) is 5.32 Å². The van der Waals surface area contributed by atoms with Gasteiger partial charge >= 0.3 is 0 Å². The SMILES string of the molecule is C[N+]1(CCCNC2=CC(=O)C=CC2=O)CCCC1.[Br-]. The summed E-state index contributed by atoms with van der Waals surface area (Å²) >= 11 is 0. The van der Waals surface area contributed by atoms with Crippen LogP contribution in [-0.2, 0) is 9.59 Å². The Balaban J connectivity index is 0.00000180. The van der Waals surface area contributed by atoms with Crippen LogP contribution >= 0.6 is 0 Å². The van der Waals surface area contributed by atoms with Crippen molar-refractivity contribution in [3.63, 3.8) is 0 Å². The van der Waals surface area contributed by atoms with Gasteiger partial charge in [0, 0.05) is 31.9 Å². The molecule has 0 aromatic carbocycles. The molecule has 1 N–H and O–H groups in total. The van der Waals surface area contributed by atoms with Crippen LogP contribution in [0.15, 0.2) is 23.9 Å². The lowest BCUT2D eigenvalue weighted by molar-refractivity contribution is -0.897. The second-order valence-electron chi connectivity index (χ2n) is 5.44. The molecule has 0 unspecified atom stereocenters. The van der Waals surface area contributed by atoms with E-state index in [-0.39, 0.29) is 28.5 Å². The number of rotatable bonds is 5. The molecule has 5 heteroatoms. The molecule has 0 aromatic rings. The Morgan fingerprint density at radius 2 is 1.89 bits per heavy atom. The van der Waals surface area contributed by atoms with Crippen molar-refractivity contribution in [2.75, 3.05) is 33.2 Å². The number of allylic oxidation sites excluding steroid dienone is 3. The molecule has 0 saturated carbocycles. The molecule has 1 heterocycles. The van der Waals surface area contributed by atoms with Crippen LogP contribution < -0.4 is 22.3 Å². The molecule has 0 bridgehead atoms. The largest absolute Gasteiger partial charge is 1.00 e. The van der Waals surface area contributed by atoms with Crippen LogP contribution in [0.1, 0.15) is 19.3 Å². The molecule has 1 fully saturated rings. The van der Waals surface area contributed by atoms with Gasteiger partial charge in [-0.15, -0.1) is 0 Å². The standard InChI is InChI=1S/C14H20N2O2.BrH/c1-16(8-2-3-9-16)10-4-7-15-13-11-12(17)5-6-14(13)18;/h5-6,11H,2-4,7-10H2,1H3;1H. The lowest BCUT2D eigenvalue weighted by Gasteiger charge is -2.29. The van der Waals surface area contributed by atoms with Crippen LogP contribution in [0.4, 0.5) is 0 Å². The van der Waals surface area contributed by atoms with Crippen LogP contribution in [0.25, 0.3) is 0 Å². The molecule has 0 aromatic heterocycles. The number of hydrogen-bond donors (Lipinski definition) is 1. The van der Waals surface area contributed by atoms with Crippen molar-refractivity contribution in [3.05, 3.63) is 23.9 Å². The van der Waals surface area contributed by atoms with E-state index in [1.807, 2.05) is 0 Å². The summed E-state index contributed by atoms with van der Waals surface area (Å²) in [5, 5.41) is 3.07. The van der Waals surface area contributed by atoms with Crippen molar-refractivity contribution < 1.29 is 31.1 Å². The third kappa shape index (κ3) is 4.58. The Kier molecular flexibility index (Phi) is 5.94. The first-order chi connectivity index (χ1) is 8.59. The number of nitrogens with one attached hydrogen (secondary N) is 1. The van der Waals surface area contributed by atoms with E-state index in [0.717, 1.165) is 24.0 Å². The van der Waals surface area contributed by atoms with Crippen molar-refractivity contribution >= 4 is 11.6 Å². The highest BCUT2D eigenvalue weighted by molar-refractivity contribution is 6.16. The Morgan fingerprint density at radius 3 is 2.58 bits per heavy atom. The quantitative estimate of drug-likeness (QED) is 0.354. The van der Waals surface area contributed by atoms with Gasteiger partial charge in [0.05, 0.1) is 32.4 Å². The average Bonchev–Trinajstić information content (AvgIpc) is 2.76. The number of ketones is 2. The third-order valence-electron chi connectivity index (χ3n) is 3.79. The predicted molar refractivity (Wildman–Crippen MR) is 69.9 cm³/mol. The van der Waals surface area contributed by atoms with E-state index in [0.29, 0.717) is 5.70 Å². The van der Waals surface area contributed by atoms with E-state index in [9.17, 15) is 9.59 Å². The van der Waals surface area contributed by atoms with E-state index in [1.165, 1.54) is 44.2 Å². The van der Waals surface area contributed by atoms with Gasteiger partial charge in [0.15, 0.2) is 5.78 Å². The summed E-state index contributed by atoms with van der Waals surface area (Å²) in [6.45, 7) is 4.43. The number of likely N-dealkylation sites (tertiary alicyclic amines) is 1. The molecule has 0 amide bonds. The van der Waals surface area contributed by atoms with Crippen LogP contribution in [0.5, 0.6) is 0 Å². The van der Waals surface area contributed by atoms with Crippen molar-refractivity contribution in [2.45, 2.75) is 19.3 Å². The maximum Gasteiger partial charge on any atom is 0.201 e. The first-order valence-corrected chi connectivity index (χ1v) is 6.65. The third-order valence-corrected chi connectivity index (χ3v) is 3.79. The molecule has 1 aliphatic carbocycles. The van der Waals surface area contributed by atoms with Gasteiger partial charge in [-0.2, -0.15) is 0 Å². The minimum atomic E-state index is -0.115. The summed E-state index contributed by atoms with van der Waals surface area (Å²) in [5.41, 5.74) is 0.437. The average molecular weight is 329 g/mol. The molecule has 19 heavy (non-hydrogen) atoms. The summed E-state index contributed by atoms with van der Waals surface area (Å²) in [4.78, 5) is 22.6. The molecule has 0 radical (unpaired) electrons. The first kappa shape index (κ1) is 16.1. The van der Waals surface area contributed by atoms with Gasteiger partial charge in [0.25, 0.3) is 0 Å². The summed E-state index contributed by atoms with van der Waals surface area (Å²) in [5.74, 6) is -0.216. The summed E-state index contributed by atoms with van der Waals surface area (Å²) in [6, 6.07) is 0. The lowest BCUT2D eigenvalue weighted by Crippen LogP contribution is -3.00. The Morgan fingerprint density at radius 1 is 1.21 bits per heavy atom. The fourth-order valence-electron chi connectivity index (χ4n) is 2.65. The van der Waals surface area contributed by atoms with Crippen molar-refractivity contribution in [2.24, 2.45) is 0 Å². The molecular weight excluding hydrogens is 308 g/mol. The van der Waals surface area contributed by atoms with E-state index in [2.05, 4.69) is 12.4 Å². The van der Waals surface area contributed by atoms with Gasteiger partial charge in [-0.1, -0.05) is 0 Å². The molecule has 0 spiro atoms. The number of nitrogens with zero attached hydrogens (tertiary/aromatic N) is 1. The Labute approximate surface area is 124 Å². The van der Waals surface area contributed by atoms with E-state index >= 15 is 0 Å². The molecule has 4 nitrogen and oxygen atoms in total. The highest BCUT2D eigenvalue weighted by Gasteiger charge is 2.25. The maximum absolute atomic E-state index is 11.5. The number of hydrogen-bond acceptors (Lipinski definition) is 3. The van der Waals surface area contributed by atoms with E-state index in [1.54, 1.807) is 0 Å². The van der Waals surface area contributed by atoms with Crippen LogP contribution in [-0.4, -0.2) is 49.3 Å². The van der Waals surface area contributed by atoms with Crippen LogP contribution in [0, 0.1) is 0 Å². The zero-order chi connectivity index (χ0) is 13.0. The highest BCUT2D eigenvalue weighted by Crippen LogP contribution is 2.16. The molecule has 106 valence electrons. The minimum absolute atomic E-state index is 0. The molecule has 0 atom stereocenters. The monoisotopic (exact) mass is 328 g/mol. The van der Waals surface area contributed by atoms with Gasteiger partial charge in [-0.25, -0.2) is 0 Å². The van der Waals surface area contributed by atoms with E-state index < -0.39 is 0 Å². The zero-order valence-corrected chi connectivity index (χ0v) is 12.9. The highest BCUT2D eigenvalue weighted by atomic mass is 79.9. The second kappa shape index (κ2) is 7.01. The number of carbonyl (C=O) groups is 2. The summed E-state index contributed by atoms with van der Waals surface area (Å²) in [7, 11) is 2.30. The Bertz CT molecular complexity index is 410. The number of halogens is 1. The fraction of sp³-hybridized carbons (Fsp3) is 0.571. The van der Waals surface area contributed by atoms with Gasteiger partial charge in [-0.05, 0) is 12.2 Å². The first-order valence-electron chi connectivity index (χ1n) is 6.65. The van der Waals surface area contributed by atoms with Crippen LogP contribution in [0.3, 0.4) is 0 Å². The summed E-state index contributed by atoms with van der Waals surface area (Å²) < 4.78 is 1.15. The predicted octanol–water partition coefficient (Wildman–Crippen LogP) is -2.20.